The highest BCUT2D eigenvalue weighted by atomic mass is 16.5. The van der Waals surface area contributed by atoms with E-state index in [1.165, 1.54) is 16.7 Å². The molecule has 0 spiro atoms. The Kier molecular flexibility index (Phi) is 4.60. The molecule has 0 saturated carbocycles. The molecule has 88 valence electrons. The van der Waals surface area contributed by atoms with Crippen LogP contribution in [0.25, 0.3) is 0 Å². The van der Waals surface area contributed by atoms with Gasteiger partial charge < -0.3 is 4.74 Å². The Hall–Kier alpha value is -1.24. The van der Waals surface area contributed by atoms with Crippen molar-refractivity contribution in [3.05, 3.63) is 41.0 Å². The normalized spacial score (nSPS) is 10.4. The van der Waals surface area contributed by atoms with Crippen LogP contribution in [0.15, 0.2) is 29.8 Å². The summed E-state index contributed by atoms with van der Waals surface area (Å²) >= 11 is 0. The molecular weight excluding hydrogens is 196 g/mol. The van der Waals surface area contributed by atoms with Crippen molar-refractivity contribution in [1.29, 1.82) is 0 Å². The lowest BCUT2D eigenvalue weighted by Crippen LogP contribution is -1.98. The summed E-state index contributed by atoms with van der Waals surface area (Å²) in [6.45, 7) is 11.3. The largest absolute Gasteiger partial charge is 0.489 e. The van der Waals surface area contributed by atoms with E-state index in [2.05, 4.69) is 58.9 Å². The van der Waals surface area contributed by atoms with Crippen LogP contribution in [0, 0.1) is 6.92 Å². The number of ether oxygens (including phenoxy) is 1. The number of rotatable bonds is 4. The molecule has 0 aromatic heterocycles. The molecule has 0 aliphatic rings. The van der Waals surface area contributed by atoms with E-state index in [0.29, 0.717) is 12.5 Å². The Bertz CT molecular complexity index is 371. The predicted molar refractivity (Wildman–Crippen MR) is 70.2 cm³/mol. The molecule has 0 radical (unpaired) electrons. The molecule has 16 heavy (non-hydrogen) atoms. The summed E-state index contributed by atoms with van der Waals surface area (Å²) in [5.41, 5.74) is 3.82. The number of hydrogen-bond donors (Lipinski definition) is 0. The summed E-state index contributed by atoms with van der Waals surface area (Å²) in [6.07, 6.45) is 2.10. The third kappa shape index (κ3) is 3.73. The Morgan fingerprint density at radius 2 is 2.00 bits per heavy atom. The molecule has 0 amide bonds. The van der Waals surface area contributed by atoms with Crippen molar-refractivity contribution < 1.29 is 4.74 Å². The van der Waals surface area contributed by atoms with E-state index in [9.17, 15) is 0 Å². The Morgan fingerprint density at radius 3 is 2.56 bits per heavy atom. The van der Waals surface area contributed by atoms with E-state index in [0.717, 1.165) is 5.75 Å². The van der Waals surface area contributed by atoms with E-state index in [1.54, 1.807) is 0 Å². The van der Waals surface area contributed by atoms with Gasteiger partial charge in [-0.05, 0) is 50.0 Å². The maximum Gasteiger partial charge on any atom is 0.122 e. The highest BCUT2D eigenvalue weighted by Crippen LogP contribution is 2.24. The van der Waals surface area contributed by atoms with Crippen molar-refractivity contribution in [3.63, 3.8) is 0 Å². The average molecular weight is 218 g/mol. The molecule has 1 rings (SSSR count). The molecule has 1 aromatic rings. The molecule has 0 bridgehead atoms. The third-order valence-electron chi connectivity index (χ3n) is 2.61. The smallest absolute Gasteiger partial charge is 0.122 e. The molecule has 1 aromatic carbocycles. The second-order valence-corrected chi connectivity index (χ2v) is 4.77. The Morgan fingerprint density at radius 1 is 1.31 bits per heavy atom. The zero-order valence-corrected chi connectivity index (χ0v) is 11.0. The first-order valence-corrected chi connectivity index (χ1v) is 5.87. The van der Waals surface area contributed by atoms with Crippen LogP contribution in [0.3, 0.4) is 0 Å². The van der Waals surface area contributed by atoms with Gasteiger partial charge in [-0.2, -0.15) is 0 Å². The molecule has 0 aliphatic heterocycles. The summed E-state index contributed by atoms with van der Waals surface area (Å²) in [4.78, 5) is 0. The summed E-state index contributed by atoms with van der Waals surface area (Å²) in [7, 11) is 0. The molecule has 0 atom stereocenters. The fourth-order valence-electron chi connectivity index (χ4n) is 1.43. The lowest BCUT2D eigenvalue weighted by molar-refractivity contribution is 0.359. The maximum atomic E-state index is 5.76. The summed E-state index contributed by atoms with van der Waals surface area (Å²) < 4.78 is 5.76. The van der Waals surface area contributed by atoms with Gasteiger partial charge in [0.1, 0.15) is 12.4 Å². The SMILES string of the molecule is CC(C)=CCOc1cc(C(C)C)ccc1C. The first-order valence-electron chi connectivity index (χ1n) is 5.87. The molecule has 0 unspecified atom stereocenters. The monoisotopic (exact) mass is 218 g/mol. The number of aryl methyl sites for hydroxylation is 1. The minimum Gasteiger partial charge on any atom is -0.489 e. The highest BCUT2D eigenvalue weighted by Gasteiger charge is 2.03. The lowest BCUT2D eigenvalue weighted by atomic mass is 10.0. The van der Waals surface area contributed by atoms with Crippen molar-refractivity contribution in [2.24, 2.45) is 0 Å². The van der Waals surface area contributed by atoms with Gasteiger partial charge in [0.2, 0.25) is 0 Å². The minimum atomic E-state index is 0.548. The van der Waals surface area contributed by atoms with Crippen molar-refractivity contribution in [1.82, 2.24) is 0 Å². The van der Waals surface area contributed by atoms with Crippen molar-refractivity contribution in [3.8, 4) is 5.75 Å². The van der Waals surface area contributed by atoms with Gasteiger partial charge in [0.05, 0.1) is 0 Å². The summed E-state index contributed by atoms with van der Waals surface area (Å²) in [5.74, 6) is 1.55. The van der Waals surface area contributed by atoms with Crippen LogP contribution in [0.4, 0.5) is 0 Å². The topological polar surface area (TPSA) is 9.23 Å². The zero-order valence-electron chi connectivity index (χ0n) is 11.0. The molecule has 0 aliphatic carbocycles. The fraction of sp³-hybridized carbons (Fsp3) is 0.467. The third-order valence-corrected chi connectivity index (χ3v) is 2.61. The molecule has 0 saturated heterocycles. The second kappa shape index (κ2) is 5.74. The van der Waals surface area contributed by atoms with E-state index in [4.69, 9.17) is 4.74 Å². The molecule has 0 fully saturated rings. The van der Waals surface area contributed by atoms with Gasteiger partial charge >= 0.3 is 0 Å². The van der Waals surface area contributed by atoms with Crippen LogP contribution in [0.5, 0.6) is 5.75 Å². The van der Waals surface area contributed by atoms with Gasteiger partial charge in [0.25, 0.3) is 0 Å². The van der Waals surface area contributed by atoms with E-state index >= 15 is 0 Å². The van der Waals surface area contributed by atoms with Gasteiger partial charge in [-0.25, -0.2) is 0 Å². The van der Waals surface area contributed by atoms with Crippen molar-refractivity contribution in [2.45, 2.75) is 40.5 Å². The van der Waals surface area contributed by atoms with Crippen LogP contribution in [-0.4, -0.2) is 6.61 Å². The summed E-state index contributed by atoms with van der Waals surface area (Å²) in [6, 6.07) is 6.46. The number of hydrogen-bond acceptors (Lipinski definition) is 1. The minimum absolute atomic E-state index is 0.548. The fourth-order valence-corrected chi connectivity index (χ4v) is 1.43. The second-order valence-electron chi connectivity index (χ2n) is 4.77. The molecular formula is C15H22O. The van der Waals surface area contributed by atoms with Crippen LogP contribution >= 0.6 is 0 Å². The van der Waals surface area contributed by atoms with Gasteiger partial charge in [-0.1, -0.05) is 31.6 Å². The van der Waals surface area contributed by atoms with Crippen LogP contribution < -0.4 is 4.74 Å². The molecule has 0 heterocycles. The number of benzene rings is 1. The Balaban J connectivity index is 2.78. The quantitative estimate of drug-likeness (QED) is 0.678. The van der Waals surface area contributed by atoms with Crippen molar-refractivity contribution in [2.75, 3.05) is 6.61 Å². The summed E-state index contributed by atoms with van der Waals surface area (Å²) in [5, 5.41) is 0. The lowest BCUT2D eigenvalue weighted by Gasteiger charge is -2.11. The van der Waals surface area contributed by atoms with Crippen LogP contribution in [0.2, 0.25) is 0 Å². The van der Waals surface area contributed by atoms with E-state index in [-0.39, 0.29) is 0 Å². The van der Waals surface area contributed by atoms with Crippen molar-refractivity contribution >= 4 is 0 Å². The van der Waals surface area contributed by atoms with Gasteiger partial charge in [0.15, 0.2) is 0 Å². The van der Waals surface area contributed by atoms with Gasteiger partial charge in [-0.3, -0.25) is 0 Å². The number of allylic oxidation sites excluding steroid dienone is 1. The zero-order chi connectivity index (χ0) is 12.1. The van der Waals surface area contributed by atoms with E-state index < -0.39 is 0 Å². The first kappa shape index (κ1) is 12.8. The molecule has 1 nitrogen and oxygen atoms in total. The van der Waals surface area contributed by atoms with Gasteiger partial charge in [0, 0.05) is 0 Å². The van der Waals surface area contributed by atoms with Crippen LogP contribution in [0.1, 0.15) is 44.7 Å². The molecule has 1 heteroatoms. The first-order chi connectivity index (χ1) is 7.50. The molecule has 0 N–H and O–H groups in total. The maximum absolute atomic E-state index is 5.76. The average Bonchev–Trinajstić information content (AvgIpc) is 2.20. The highest BCUT2D eigenvalue weighted by molar-refractivity contribution is 5.37. The standard InChI is InChI=1S/C15H22O/c1-11(2)8-9-16-15-10-14(12(3)4)7-6-13(15)5/h6-8,10,12H,9H2,1-5H3. The van der Waals surface area contributed by atoms with Crippen LogP contribution in [-0.2, 0) is 0 Å². The Labute approximate surface area is 99.1 Å². The van der Waals surface area contributed by atoms with Gasteiger partial charge in [-0.15, -0.1) is 0 Å². The predicted octanol–water partition coefficient (Wildman–Crippen LogP) is 4.46. The van der Waals surface area contributed by atoms with E-state index in [1.807, 2.05) is 0 Å².